The van der Waals surface area contributed by atoms with Gasteiger partial charge in [-0.15, -0.1) is 0 Å². The molecule has 0 aliphatic carbocycles. The van der Waals surface area contributed by atoms with E-state index in [4.69, 9.17) is 9.84 Å². The van der Waals surface area contributed by atoms with E-state index in [1.165, 1.54) is 4.90 Å². The Labute approximate surface area is 146 Å². The number of amides is 1. The van der Waals surface area contributed by atoms with Gasteiger partial charge in [-0.25, -0.2) is 4.98 Å². The lowest BCUT2D eigenvalue weighted by Gasteiger charge is -2.17. The number of aliphatic hydroxyl groups is 1. The number of ether oxygens (including phenoxy) is 1. The summed E-state index contributed by atoms with van der Waals surface area (Å²) in [7, 11) is 1.65. The van der Waals surface area contributed by atoms with Gasteiger partial charge >= 0.3 is 0 Å². The van der Waals surface area contributed by atoms with Crippen LogP contribution in [0.25, 0.3) is 5.65 Å². The van der Waals surface area contributed by atoms with Crippen LogP contribution >= 0.6 is 0 Å². The first-order chi connectivity index (χ1) is 12.1. The van der Waals surface area contributed by atoms with Crippen LogP contribution in [0.15, 0.2) is 48.8 Å². The lowest BCUT2D eigenvalue weighted by atomic mass is 10.2. The zero-order chi connectivity index (χ0) is 17.8. The number of benzene rings is 1. The fourth-order valence-corrected chi connectivity index (χ4v) is 2.65. The van der Waals surface area contributed by atoms with Crippen molar-refractivity contribution in [3.63, 3.8) is 0 Å². The third kappa shape index (κ3) is 3.64. The molecule has 0 radical (unpaired) electrons. The predicted octanol–water partition coefficient (Wildman–Crippen LogP) is 2.29. The van der Waals surface area contributed by atoms with E-state index in [9.17, 15) is 4.79 Å². The molecule has 0 bridgehead atoms. The van der Waals surface area contributed by atoms with Crippen molar-refractivity contribution in [2.75, 3.05) is 20.2 Å². The van der Waals surface area contributed by atoms with Crippen LogP contribution in [0.3, 0.4) is 0 Å². The van der Waals surface area contributed by atoms with Gasteiger partial charge in [0.15, 0.2) is 0 Å². The maximum atomic E-state index is 12.5. The zero-order valence-corrected chi connectivity index (χ0v) is 14.3. The van der Waals surface area contributed by atoms with Crippen molar-refractivity contribution < 1.29 is 14.6 Å². The number of carbonyl (C=O) groups excluding carboxylic acids is 1. The molecule has 6 heteroatoms. The van der Waals surface area contributed by atoms with Gasteiger partial charge in [0.25, 0.3) is 5.91 Å². The Morgan fingerprint density at radius 1 is 1.28 bits per heavy atom. The largest absolute Gasteiger partial charge is 0.486 e. The van der Waals surface area contributed by atoms with Crippen LogP contribution in [0.5, 0.6) is 5.75 Å². The minimum atomic E-state index is -0.185. The number of para-hydroxylation sites is 1. The van der Waals surface area contributed by atoms with Crippen LogP contribution < -0.4 is 4.74 Å². The Morgan fingerprint density at radius 2 is 2.08 bits per heavy atom. The Morgan fingerprint density at radius 3 is 2.84 bits per heavy atom. The minimum Gasteiger partial charge on any atom is -0.486 e. The molecule has 6 nitrogen and oxygen atoms in total. The number of hydrogen-bond acceptors (Lipinski definition) is 4. The molecule has 2 heterocycles. The SMILES string of the molecule is Cc1cccn2cc(COc3ccccc3C(=O)N(C)CCO)nc12. The maximum absolute atomic E-state index is 12.5. The van der Waals surface area contributed by atoms with E-state index in [2.05, 4.69) is 4.98 Å². The third-order valence-electron chi connectivity index (χ3n) is 4.00. The van der Waals surface area contributed by atoms with Gasteiger partial charge in [0.2, 0.25) is 0 Å². The van der Waals surface area contributed by atoms with Gasteiger partial charge < -0.3 is 19.1 Å². The fraction of sp³-hybridized carbons (Fsp3) is 0.263. The highest BCUT2D eigenvalue weighted by molar-refractivity contribution is 5.96. The summed E-state index contributed by atoms with van der Waals surface area (Å²) in [4.78, 5) is 18.5. The van der Waals surface area contributed by atoms with Crippen molar-refractivity contribution in [1.29, 1.82) is 0 Å². The number of carbonyl (C=O) groups is 1. The fourth-order valence-electron chi connectivity index (χ4n) is 2.65. The topological polar surface area (TPSA) is 67.1 Å². The van der Waals surface area contributed by atoms with Crippen LogP contribution in [0, 0.1) is 6.92 Å². The summed E-state index contributed by atoms with van der Waals surface area (Å²) in [6.45, 7) is 2.48. The number of imidazole rings is 1. The molecule has 0 aliphatic rings. The molecule has 0 saturated carbocycles. The number of aromatic nitrogens is 2. The molecule has 0 atom stereocenters. The van der Waals surface area contributed by atoms with Gasteiger partial charge in [0.1, 0.15) is 18.0 Å². The van der Waals surface area contributed by atoms with Gasteiger partial charge in [-0.05, 0) is 30.7 Å². The molecule has 25 heavy (non-hydrogen) atoms. The lowest BCUT2D eigenvalue weighted by molar-refractivity contribution is 0.0762. The molecule has 2 aromatic heterocycles. The molecular formula is C19H21N3O3. The first-order valence-corrected chi connectivity index (χ1v) is 8.11. The second-order valence-electron chi connectivity index (χ2n) is 5.89. The van der Waals surface area contributed by atoms with E-state index >= 15 is 0 Å². The molecule has 0 aliphatic heterocycles. The minimum absolute atomic E-state index is 0.0775. The van der Waals surface area contributed by atoms with Crippen LogP contribution in [-0.4, -0.2) is 45.5 Å². The Kier molecular flexibility index (Phi) is 5.00. The molecule has 0 spiro atoms. The average molecular weight is 339 g/mol. The van der Waals surface area contributed by atoms with Crippen molar-refractivity contribution in [3.8, 4) is 5.75 Å². The third-order valence-corrected chi connectivity index (χ3v) is 4.00. The molecular weight excluding hydrogens is 318 g/mol. The molecule has 0 saturated heterocycles. The lowest BCUT2D eigenvalue weighted by Crippen LogP contribution is -2.29. The number of rotatable bonds is 6. The summed E-state index contributed by atoms with van der Waals surface area (Å²) >= 11 is 0. The van der Waals surface area contributed by atoms with Crippen LogP contribution in [0.1, 0.15) is 21.6 Å². The number of hydrogen-bond donors (Lipinski definition) is 1. The van der Waals surface area contributed by atoms with Gasteiger partial charge in [-0.2, -0.15) is 0 Å². The van der Waals surface area contributed by atoms with Gasteiger partial charge in [-0.1, -0.05) is 18.2 Å². The first-order valence-electron chi connectivity index (χ1n) is 8.11. The molecule has 3 aromatic rings. The van der Waals surface area contributed by atoms with Crippen molar-refractivity contribution in [2.45, 2.75) is 13.5 Å². The maximum Gasteiger partial charge on any atom is 0.257 e. The second kappa shape index (κ2) is 7.36. The number of pyridine rings is 1. The number of fused-ring (bicyclic) bond motifs is 1. The van der Waals surface area contributed by atoms with E-state index < -0.39 is 0 Å². The van der Waals surface area contributed by atoms with Gasteiger partial charge in [-0.3, -0.25) is 4.79 Å². The van der Waals surface area contributed by atoms with Gasteiger partial charge in [0.05, 0.1) is 17.9 Å². The predicted molar refractivity (Wildman–Crippen MR) is 94.7 cm³/mol. The molecule has 3 rings (SSSR count). The normalized spacial score (nSPS) is 10.8. The summed E-state index contributed by atoms with van der Waals surface area (Å²) in [5.41, 5.74) is 3.25. The van der Waals surface area contributed by atoms with Crippen LogP contribution in [0.2, 0.25) is 0 Å². The summed E-state index contributed by atoms with van der Waals surface area (Å²) in [5, 5.41) is 9.01. The summed E-state index contributed by atoms with van der Waals surface area (Å²) in [6.07, 6.45) is 3.87. The van der Waals surface area contributed by atoms with E-state index in [1.807, 2.05) is 41.9 Å². The van der Waals surface area contributed by atoms with Crippen molar-refractivity contribution in [2.24, 2.45) is 0 Å². The Balaban J connectivity index is 1.78. The van der Waals surface area contributed by atoms with E-state index in [1.54, 1.807) is 25.2 Å². The molecule has 1 N–H and O–H groups in total. The van der Waals surface area contributed by atoms with Crippen molar-refractivity contribution in [1.82, 2.24) is 14.3 Å². The number of nitrogens with zero attached hydrogens (tertiary/aromatic N) is 3. The monoisotopic (exact) mass is 339 g/mol. The molecule has 0 fully saturated rings. The standard InChI is InChI=1S/C19H21N3O3/c1-14-6-5-9-22-12-15(20-18(14)22)13-25-17-8-4-3-7-16(17)19(24)21(2)10-11-23/h3-9,12,23H,10-11,13H2,1-2H3. The molecule has 130 valence electrons. The smallest absolute Gasteiger partial charge is 0.257 e. The van der Waals surface area contributed by atoms with Crippen LogP contribution in [-0.2, 0) is 6.61 Å². The highest BCUT2D eigenvalue weighted by Crippen LogP contribution is 2.21. The highest BCUT2D eigenvalue weighted by atomic mass is 16.5. The summed E-state index contributed by atoms with van der Waals surface area (Å²) < 4.78 is 7.81. The molecule has 1 amide bonds. The quantitative estimate of drug-likeness (QED) is 0.748. The number of likely N-dealkylation sites (N-methyl/N-ethyl adjacent to an activating group) is 1. The zero-order valence-electron chi connectivity index (χ0n) is 14.3. The van der Waals surface area contributed by atoms with E-state index in [0.29, 0.717) is 11.3 Å². The number of aliphatic hydroxyl groups excluding tert-OH is 1. The van der Waals surface area contributed by atoms with E-state index in [-0.39, 0.29) is 25.7 Å². The average Bonchev–Trinajstić information content (AvgIpc) is 3.04. The van der Waals surface area contributed by atoms with Gasteiger partial charge in [0, 0.05) is 26.0 Å². The molecule has 0 unspecified atom stereocenters. The van der Waals surface area contributed by atoms with Crippen molar-refractivity contribution in [3.05, 3.63) is 65.6 Å². The Hall–Kier alpha value is -2.86. The molecule has 1 aromatic carbocycles. The second-order valence-corrected chi connectivity index (χ2v) is 5.89. The summed E-state index contributed by atoms with van der Waals surface area (Å²) in [6, 6.07) is 11.1. The Bertz CT molecular complexity index is 889. The van der Waals surface area contributed by atoms with Crippen LogP contribution in [0.4, 0.5) is 0 Å². The first kappa shape index (κ1) is 17.0. The summed E-state index contributed by atoms with van der Waals surface area (Å²) in [5.74, 6) is 0.321. The highest BCUT2D eigenvalue weighted by Gasteiger charge is 2.16. The van der Waals surface area contributed by atoms with Crippen molar-refractivity contribution >= 4 is 11.6 Å². The van der Waals surface area contributed by atoms with E-state index in [0.717, 1.165) is 16.9 Å². The number of aryl methyl sites for hydroxylation is 1.